The lowest BCUT2D eigenvalue weighted by molar-refractivity contribution is 0.0938. The first-order chi connectivity index (χ1) is 9.81. The van der Waals surface area contributed by atoms with Crippen LogP contribution in [-0.4, -0.2) is 33.8 Å². The summed E-state index contributed by atoms with van der Waals surface area (Å²) in [6.45, 7) is -0.870. The summed E-state index contributed by atoms with van der Waals surface area (Å²) in [5.41, 5.74) is 1.30. The number of ether oxygens (including phenoxy) is 2. The Hall–Kier alpha value is -2.44. The number of pyridine rings is 2. The van der Waals surface area contributed by atoms with Crippen molar-refractivity contribution >= 4 is 21.8 Å². The lowest BCUT2D eigenvalue weighted by Crippen LogP contribution is -1.99. The fourth-order valence-corrected chi connectivity index (χ4v) is 2.02. The number of aliphatic hydroxyl groups excluding tert-OH is 2. The largest absolute Gasteiger partial charge is 0.451 e. The molecule has 0 fully saturated rings. The molecule has 2 aromatic heterocycles. The average molecular weight is 272 g/mol. The van der Waals surface area contributed by atoms with Crippen LogP contribution in [0.1, 0.15) is 0 Å². The van der Waals surface area contributed by atoms with Crippen LogP contribution in [0.5, 0.6) is 11.8 Å². The number of hydrogen-bond acceptors (Lipinski definition) is 6. The number of fused-ring (bicyclic) bond motifs is 3. The fraction of sp³-hybridized carbons (Fsp3) is 0.143. The van der Waals surface area contributed by atoms with Crippen molar-refractivity contribution in [1.82, 2.24) is 9.97 Å². The molecule has 0 radical (unpaired) electrons. The molecule has 3 aromatic rings. The van der Waals surface area contributed by atoms with Crippen LogP contribution in [0.4, 0.5) is 0 Å². The molecule has 0 amide bonds. The van der Waals surface area contributed by atoms with Gasteiger partial charge in [-0.2, -0.15) is 0 Å². The Morgan fingerprint density at radius 2 is 1.10 bits per heavy atom. The van der Waals surface area contributed by atoms with E-state index in [2.05, 4.69) is 9.97 Å². The highest BCUT2D eigenvalue weighted by Gasteiger charge is 2.07. The van der Waals surface area contributed by atoms with Crippen LogP contribution in [-0.2, 0) is 0 Å². The predicted molar refractivity (Wildman–Crippen MR) is 72.5 cm³/mol. The van der Waals surface area contributed by atoms with Crippen molar-refractivity contribution in [1.29, 1.82) is 0 Å². The number of aliphatic hydroxyl groups is 2. The molecule has 2 N–H and O–H groups in total. The van der Waals surface area contributed by atoms with E-state index in [1.807, 2.05) is 24.3 Å². The molecule has 102 valence electrons. The van der Waals surface area contributed by atoms with Gasteiger partial charge in [-0.25, -0.2) is 9.97 Å². The molecule has 20 heavy (non-hydrogen) atoms. The van der Waals surface area contributed by atoms with E-state index in [1.165, 1.54) is 0 Å². The molecule has 0 saturated heterocycles. The van der Waals surface area contributed by atoms with E-state index in [0.29, 0.717) is 22.8 Å². The molecule has 2 heterocycles. The van der Waals surface area contributed by atoms with Crippen molar-refractivity contribution in [3.05, 3.63) is 36.4 Å². The van der Waals surface area contributed by atoms with E-state index in [0.717, 1.165) is 10.8 Å². The van der Waals surface area contributed by atoms with Crippen molar-refractivity contribution in [3.63, 3.8) is 0 Å². The average Bonchev–Trinajstić information content (AvgIpc) is 2.48. The zero-order valence-corrected chi connectivity index (χ0v) is 10.5. The molecule has 0 unspecified atom stereocenters. The van der Waals surface area contributed by atoms with E-state index in [4.69, 9.17) is 19.7 Å². The van der Waals surface area contributed by atoms with E-state index in [-0.39, 0.29) is 0 Å². The maximum atomic E-state index is 8.79. The summed E-state index contributed by atoms with van der Waals surface area (Å²) >= 11 is 0. The molecule has 0 spiro atoms. The maximum Gasteiger partial charge on any atom is 0.216 e. The lowest BCUT2D eigenvalue weighted by atomic mass is 10.1. The van der Waals surface area contributed by atoms with Crippen molar-refractivity contribution < 1.29 is 19.7 Å². The van der Waals surface area contributed by atoms with Gasteiger partial charge in [0.2, 0.25) is 11.8 Å². The molecule has 3 rings (SSSR count). The predicted octanol–water partition coefficient (Wildman–Crippen LogP) is 1.44. The van der Waals surface area contributed by atoms with Gasteiger partial charge in [-0.15, -0.1) is 0 Å². The standard InChI is InChI=1S/C14H12N2O4/c17-7-19-11-5-3-9-1-2-10-4-6-12(20-8-18)16-14(10)13(9)15-11/h1-6,17-18H,7-8H2. The SMILES string of the molecule is OCOc1ccc2ccc3ccc(OCO)nc3c2n1. The zero-order valence-electron chi connectivity index (χ0n) is 10.5. The highest BCUT2D eigenvalue weighted by Crippen LogP contribution is 2.26. The summed E-state index contributed by atoms with van der Waals surface area (Å²) in [7, 11) is 0. The van der Waals surface area contributed by atoms with Crippen molar-refractivity contribution in [3.8, 4) is 11.8 Å². The van der Waals surface area contributed by atoms with Gasteiger partial charge in [0.05, 0.1) is 0 Å². The molecular formula is C14H12N2O4. The molecule has 1 aromatic carbocycles. The van der Waals surface area contributed by atoms with Crippen LogP contribution in [0.15, 0.2) is 36.4 Å². The quantitative estimate of drug-likeness (QED) is 0.552. The Balaban J connectivity index is 2.24. The third-order valence-corrected chi connectivity index (χ3v) is 2.89. The van der Waals surface area contributed by atoms with Crippen molar-refractivity contribution in [2.45, 2.75) is 0 Å². The Morgan fingerprint density at radius 3 is 1.50 bits per heavy atom. The molecule has 0 atom stereocenters. The van der Waals surface area contributed by atoms with Crippen molar-refractivity contribution in [2.24, 2.45) is 0 Å². The van der Waals surface area contributed by atoms with E-state index >= 15 is 0 Å². The summed E-state index contributed by atoms with van der Waals surface area (Å²) in [6.07, 6.45) is 0. The molecule has 6 heteroatoms. The molecule has 0 aliphatic rings. The summed E-state index contributed by atoms with van der Waals surface area (Å²) < 4.78 is 9.97. The first-order valence-electron chi connectivity index (χ1n) is 5.99. The Kier molecular flexibility index (Phi) is 3.32. The van der Waals surface area contributed by atoms with Crippen LogP contribution >= 0.6 is 0 Å². The highest BCUT2D eigenvalue weighted by atomic mass is 16.6. The molecular weight excluding hydrogens is 260 g/mol. The summed E-state index contributed by atoms with van der Waals surface area (Å²) in [5, 5.41) is 19.4. The molecule has 0 aliphatic heterocycles. The monoisotopic (exact) mass is 272 g/mol. The first kappa shape index (κ1) is 12.6. The van der Waals surface area contributed by atoms with Crippen molar-refractivity contribution in [2.75, 3.05) is 13.6 Å². The third-order valence-electron chi connectivity index (χ3n) is 2.89. The molecule has 0 aliphatic carbocycles. The van der Waals surface area contributed by atoms with Gasteiger partial charge in [0.25, 0.3) is 0 Å². The van der Waals surface area contributed by atoms with E-state index in [1.54, 1.807) is 12.1 Å². The van der Waals surface area contributed by atoms with Gasteiger partial charge < -0.3 is 19.7 Å². The number of nitrogens with zero attached hydrogens (tertiary/aromatic N) is 2. The van der Waals surface area contributed by atoms with Crippen LogP contribution in [0.3, 0.4) is 0 Å². The topological polar surface area (TPSA) is 84.7 Å². The third kappa shape index (κ3) is 2.22. The minimum Gasteiger partial charge on any atom is -0.451 e. The van der Waals surface area contributed by atoms with Gasteiger partial charge in [-0.1, -0.05) is 12.1 Å². The van der Waals surface area contributed by atoms with Crippen LogP contribution in [0, 0.1) is 0 Å². The number of rotatable bonds is 4. The maximum absolute atomic E-state index is 8.79. The van der Waals surface area contributed by atoms with Crippen LogP contribution in [0.2, 0.25) is 0 Å². The second-order valence-electron chi connectivity index (χ2n) is 4.05. The minimum atomic E-state index is -0.435. The van der Waals surface area contributed by atoms with Gasteiger partial charge in [0, 0.05) is 22.9 Å². The molecule has 0 bridgehead atoms. The van der Waals surface area contributed by atoms with E-state index in [9.17, 15) is 0 Å². The summed E-state index contributed by atoms with van der Waals surface area (Å²) in [6, 6.07) is 10.9. The second-order valence-corrected chi connectivity index (χ2v) is 4.05. The smallest absolute Gasteiger partial charge is 0.216 e. The van der Waals surface area contributed by atoms with Crippen LogP contribution < -0.4 is 9.47 Å². The second kappa shape index (κ2) is 5.28. The molecule has 6 nitrogen and oxygen atoms in total. The highest BCUT2D eigenvalue weighted by molar-refractivity contribution is 6.03. The van der Waals surface area contributed by atoms with Gasteiger partial charge in [-0.05, 0) is 12.1 Å². The summed E-state index contributed by atoms with van der Waals surface area (Å²) in [5.74, 6) is 0.644. The Bertz CT molecular complexity index is 696. The number of benzene rings is 1. The van der Waals surface area contributed by atoms with Gasteiger partial charge in [-0.3, -0.25) is 0 Å². The number of aromatic nitrogens is 2. The normalized spacial score (nSPS) is 10.9. The van der Waals surface area contributed by atoms with Crippen LogP contribution in [0.25, 0.3) is 21.8 Å². The van der Waals surface area contributed by atoms with Gasteiger partial charge in [0.15, 0.2) is 13.6 Å². The fourth-order valence-electron chi connectivity index (χ4n) is 2.02. The zero-order chi connectivity index (χ0) is 13.9. The molecule has 0 saturated carbocycles. The lowest BCUT2D eigenvalue weighted by Gasteiger charge is -2.07. The summed E-state index contributed by atoms with van der Waals surface area (Å²) in [4.78, 5) is 8.66. The Morgan fingerprint density at radius 1 is 0.700 bits per heavy atom. The van der Waals surface area contributed by atoms with Gasteiger partial charge in [0.1, 0.15) is 11.0 Å². The Labute approximate surface area is 114 Å². The minimum absolute atomic E-state index is 0.322. The number of hydrogen-bond donors (Lipinski definition) is 2. The van der Waals surface area contributed by atoms with E-state index < -0.39 is 13.6 Å². The van der Waals surface area contributed by atoms with Gasteiger partial charge >= 0.3 is 0 Å². The first-order valence-corrected chi connectivity index (χ1v) is 5.99.